The maximum Gasteiger partial charge on any atom is 1.00 e. The number of hydrogen-bond donors (Lipinski definition) is 4. The second kappa shape index (κ2) is 8.25. The topological polar surface area (TPSA) is 150 Å². The average Bonchev–Trinajstić information content (AvgIpc) is 2.35. The molecule has 0 aromatic heterocycles. The van der Waals surface area contributed by atoms with E-state index < -0.39 is 28.0 Å². The molecule has 4 N–H and O–H groups in total. The Morgan fingerprint density at radius 1 is 1.05 bits per heavy atom. The second-order valence-electron chi connectivity index (χ2n) is 3.94. The smallest absolute Gasteiger partial charge is 0.480 e. The molecule has 0 unspecified atom stereocenters. The van der Waals surface area contributed by atoms with E-state index in [1.54, 1.807) is 4.72 Å². The van der Waals surface area contributed by atoms with Gasteiger partial charge < -0.3 is 15.5 Å². The number of anilines is 1. The summed E-state index contributed by atoms with van der Waals surface area (Å²) in [6.07, 6.45) is 0. The molecule has 114 valence electrons. The number of carbonyl (C=O) groups is 3. The number of hydrogen-bond acceptors (Lipinski definition) is 5. The van der Waals surface area contributed by atoms with Gasteiger partial charge in [0.2, 0.25) is 22.0 Å². The molecule has 0 saturated carbocycles. The third kappa shape index (κ3) is 5.73. The van der Waals surface area contributed by atoms with Gasteiger partial charge in [0.15, 0.2) is 0 Å². The summed E-state index contributed by atoms with van der Waals surface area (Å²) in [6.45, 7) is 1.27. The van der Waals surface area contributed by atoms with Gasteiger partial charge in [-0.1, -0.05) is 0 Å². The Bertz CT molecular complexity index is 658. The zero-order valence-corrected chi connectivity index (χ0v) is 14.5. The maximum atomic E-state index is 11.9. The van der Waals surface area contributed by atoms with E-state index in [4.69, 9.17) is 10.2 Å². The monoisotopic (exact) mass is 339 g/mol. The molecule has 0 atom stereocenters. The van der Waals surface area contributed by atoms with Gasteiger partial charge in [0, 0.05) is 12.6 Å². The Morgan fingerprint density at radius 2 is 1.50 bits per heavy atom. The number of carboxylic acids is 2. The molecule has 0 fully saturated rings. The Kier molecular flexibility index (Phi) is 7.70. The van der Waals surface area contributed by atoms with Crippen molar-refractivity contribution >= 4 is 33.6 Å². The summed E-state index contributed by atoms with van der Waals surface area (Å²) in [6, 6.07) is 2.49. The summed E-state index contributed by atoms with van der Waals surface area (Å²) in [5.41, 5.74) is 0.342. The van der Waals surface area contributed by atoms with Crippen LogP contribution in [0.15, 0.2) is 29.2 Å². The van der Waals surface area contributed by atoms with Gasteiger partial charge in [-0.15, -0.1) is 0 Å². The van der Waals surface area contributed by atoms with Crippen molar-refractivity contribution in [1.29, 1.82) is 0 Å². The molecule has 1 aromatic rings. The molecule has 0 aliphatic carbocycles. The SMILES string of the molecule is CC(=O)Nc1ccc(S(=O)(=O)NC(C(=O)O)C(=O)O)cc1.[Na+]. The molecular formula is C11H12N2NaO7S+. The zero-order chi connectivity index (χ0) is 16.2. The number of carboxylic acid groups (broad SMARTS) is 2. The first kappa shape index (κ1) is 20.5. The summed E-state index contributed by atoms with van der Waals surface area (Å²) >= 11 is 0. The molecular weight excluding hydrogens is 327 g/mol. The summed E-state index contributed by atoms with van der Waals surface area (Å²) in [4.78, 5) is 31.8. The first-order valence-electron chi connectivity index (χ1n) is 5.49. The minimum atomic E-state index is -4.32. The van der Waals surface area contributed by atoms with E-state index in [9.17, 15) is 22.8 Å². The molecule has 0 spiro atoms. The van der Waals surface area contributed by atoms with Crippen molar-refractivity contribution in [2.45, 2.75) is 17.9 Å². The fourth-order valence-electron chi connectivity index (χ4n) is 1.35. The first-order valence-corrected chi connectivity index (χ1v) is 6.97. The van der Waals surface area contributed by atoms with Gasteiger partial charge in [0.25, 0.3) is 0 Å². The third-order valence-corrected chi connectivity index (χ3v) is 3.69. The minimum Gasteiger partial charge on any atom is -0.480 e. The molecule has 0 saturated heterocycles. The van der Waals surface area contributed by atoms with Crippen LogP contribution in [-0.2, 0) is 24.4 Å². The van der Waals surface area contributed by atoms with Gasteiger partial charge in [-0.05, 0) is 24.3 Å². The van der Waals surface area contributed by atoms with Gasteiger partial charge in [0.1, 0.15) is 0 Å². The normalized spacial score (nSPS) is 10.6. The molecule has 0 aliphatic rings. The number of amides is 1. The molecule has 0 heterocycles. The van der Waals surface area contributed by atoms with Crippen LogP contribution in [0.25, 0.3) is 0 Å². The van der Waals surface area contributed by atoms with E-state index in [2.05, 4.69) is 5.32 Å². The largest absolute Gasteiger partial charge is 1.00 e. The molecule has 0 radical (unpaired) electrons. The second-order valence-corrected chi connectivity index (χ2v) is 5.65. The number of rotatable bonds is 6. The van der Waals surface area contributed by atoms with Crippen LogP contribution in [0.3, 0.4) is 0 Å². The number of carbonyl (C=O) groups excluding carboxylic acids is 1. The van der Waals surface area contributed by atoms with Crippen LogP contribution in [-0.4, -0.2) is 42.5 Å². The summed E-state index contributed by atoms with van der Waals surface area (Å²) in [5.74, 6) is -4.01. The first-order chi connectivity index (χ1) is 9.63. The van der Waals surface area contributed by atoms with Crippen molar-refractivity contribution in [3.63, 3.8) is 0 Å². The number of sulfonamides is 1. The predicted octanol–water partition coefficient (Wildman–Crippen LogP) is -3.53. The van der Waals surface area contributed by atoms with Crippen LogP contribution in [0.4, 0.5) is 5.69 Å². The van der Waals surface area contributed by atoms with E-state index in [1.165, 1.54) is 19.1 Å². The van der Waals surface area contributed by atoms with Crippen molar-refractivity contribution in [1.82, 2.24) is 4.72 Å². The molecule has 1 rings (SSSR count). The maximum absolute atomic E-state index is 11.9. The van der Waals surface area contributed by atoms with E-state index in [1.807, 2.05) is 0 Å². The van der Waals surface area contributed by atoms with Crippen LogP contribution < -0.4 is 39.6 Å². The quantitative estimate of drug-likeness (QED) is 0.310. The fraction of sp³-hybridized carbons (Fsp3) is 0.182. The van der Waals surface area contributed by atoms with E-state index in [0.29, 0.717) is 5.69 Å². The van der Waals surface area contributed by atoms with Gasteiger partial charge >= 0.3 is 41.5 Å². The van der Waals surface area contributed by atoms with Gasteiger partial charge in [-0.3, -0.25) is 4.79 Å². The van der Waals surface area contributed by atoms with E-state index in [-0.39, 0.29) is 40.4 Å². The molecule has 9 nitrogen and oxygen atoms in total. The van der Waals surface area contributed by atoms with Crippen LogP contribution in [0.1, 0.15) is 6.92 Å². The standard InChI is InChI=1S/C11H12N2O7S.Na/c1-6(14)12-7-2-4-8(5-3-7)21(19,20)13-9(10(15)16)11(17)18;/h2-5,9,13H,1H3,(H,12,14)(H,15,16)(H,17,18);/q;+1. The van der Waals surface area contributed by atoms with Crippen molar-refractivity contribution in [3.8, 4) is 0 Å². The average molecular weight is 339 g/mol. The van der Waals surface area contributed by atoms with Crippen molar-refractivity contribution in [2.75, 3.05) is 5.32 Å². The minimum absolute atomic E-state index is 0. The van der Waals surface area contributed by atoms with Gasteiger partial charge in [0.05, 0.1) is 4.90 Å². The molecule has 0 aliphatic heterocycles. The van der Waals surface area contributed by atoms with Crippen molar-refractivity contribution < 1.29 is 62.6 Å². The molecule has 0 bridgehead atoms. The summed E-state index contributed by atoms with van der Waals surface area (Å²) in [5, 5.41) is 19.7. The number of aliphatic carboxylic acids is 2. The summed E-state index contributed by atoms with van der Waals surface area (Å²) in [7, 11) is -4.32. The van der Waals surface area contributed by atoms with E-state index >= 15 is 0 Å². The van der Waals surface area contributed by atoms with Crippen molar-refractivity contribution in [3.05, 3.63) is 24.3 Å². The Hall–Kier alpha value is -1.46. The zero-order valence-electron chi connectivity index (χ0n) is 11.7. The predicted molar refractivity (Wildman–Crippen MR) is 70.1 cm³/mol. The molecule has 11 heteroatoms. The van der Waals surface area contributed by atoms with E-state index in [0.717, 1.165) is 12.1 Å². The molecule has 1 aromatic carbocycles. The van der Waals surface area contributed by atoms with Crippen LogP contribution in [0.2, 0.25) is 0 Å². The Labute approximate surface area is 148 Å². The van der Waals surface area contributed by atoms with Gasteiger partial charge in [-0.2, -0.15) is 4.72 Å². The number of nitrogens with one attached hydrogen (secondary N) is 2. The van der Waals surface area contributed by atoms with Gasteiger partial charge in [-0.25, -0.2) is 18.0 Å². The van der Waals surface area contributed by atoms with Crippen molar-refractivity contribution in [2.24, 2.45) is 0 Å². The number of benzene rings is 1. The molecule has 22 heavy (non-hydrogen) atoms. The Balaban J connectivity index is 0.00000441. The Morgan fingerprint density at radius 3 is 1.86 bits per heavy atom. The fourth-order valence-corrected chi connectivity index (χ4v) is 2.49. The van der Waals surface area contributed by atoms with Crippen LogP contribution in [0, 0.1) is 0 Å². The van der Waals surface area contributed by atoms with Crippen LogP contribution in [0.5, 0.6) is 0 Å². The summed E-state index contributed by atoms with van der Waals surface area (Å²) < 4.78 is 25.3. The third-order valence-electron chi connectivity index (χ3n) is 2.25. The van der Waals surface area contributed by atoms with Crippen LogP contribution >= 0.6 is 0 Å². The molecule has 1 amide bonds.